The molecule has 5 nitrogen and oxygen atoms in total. The third kappa shape index (κ3) is 4.08. The number of thiocarbonyl (C=S) groups is 1. The van der Waals surface area contributed by atoms with Gasteiger partial charge < -0.3 is 20.1 Å². The zero-order chi connectivity index (χ0) is 15.9. The lowest BCUT2D eigenvalue weighted by molar-refractivity contribution is 0.414. The third-order valence-electron chi connectivity index (χ3n) is 3.19. The van der Waals surface area contributed by atoms with E-state index in [1.807, 2.05) is 37.3 Å². The molecule has 1 heterocycles. The van der Waals surface area contributed by atoms with E-state index in [-0.39, 0.29) is 6.04 Å². The maximum Gasteiger partial charge on any atom is 0.174 e. The Morgan fingerprint density at radius 1 is 1.14 bits per heavy atom. The van der Waals surface area contributed by atoms with Crippen molar-refractivity contribution in [3.8, 4) is 11.5 Å². The number of methoxy groups -OCH3 is 2. The molecule has 0 aliphatic heterocycles. The van der Waals surface area contributed by atoms with Crippen LogP contribution >= 0.6 is 12.2 Å². The van der Waals surface area contributed by atoms with Gasteiger partial charge >= 0.3 is 0 Å². The van der Waals surface area contributed by atoms with Crippen LogP contribution in [-0.2, 0) is 0 Å². The molecule has 2 rings (SSSR count). The number of nitrogens with zero attached hydrogens (tertiary/aromatic N) is 1. The van der Waals surface area contributed by atoms with Crippen LogP contribution in [0.4, 0.5) is 5.82 Å². The normalized spacial score (nSPS) is 11.4. The molecule has 0 saturated carbocycles. The second-order valence-corrected chi connectivity index (χ2v) is 5.06. The van der Waals surface area contributed by atoms with Gasteiger partial charge in [-0.15, -0.1) is 0 Å². The van der Waals surface area contributed by atoms with Gasteiger partial charge in [0.1, 0.15) is 5.75 Å². The minimum Gasteiger partial charge on any atom is -0.497 e. The summed E-state index contributed by atoms with van der Waals surface area (Å²) in [6.45, 7) is 2.03. The fourth-order valence-electron chi connectivity index (χ4n) is 1.97. The van der Waals surface area contributed by atoms with Gasteiger partial charge in [-0.1, -0.05) is 12.1 Å². The SMILES string of the molecule is COc1ccc([C@H](C)NC(=S)Nc2ncccc2OC)cc1. The van der Waals surface area contributed by atoms with Gasteiger partial charge in [-0.3, -0.25) is 0 Å². The highest BCUT2D eigenvalue weighted by Crippen LogP contribution is 2.21. The summed E-state index contributed by atoms with van der Waals surface area (Å²) in [6, 6.07) is 11.5. The summed E-state index contributed by atoms with van der Waals surface area (Å²) in [4.78, 5) is 4.21. The molecule has 0 saturated heterocycles. The standard InChI is InChI=1S/C16H19N3O2S/c1-11(12-6-8-13(20-2)9-7-12)18-16(22)19-15-14(21-3)5-4-10-17-15/h4-11H,1-3H3,(H2,17,18,19,22)/t11-/m0/s1. The first-order valence-electron chi connectivity index (χ1n) is 6.84. The predicted octanol–water partition coefficient (Wildman–Crippen LogP) is 3.15. The maximum atomic E-state index is 5.33. The number of benzene rings is 1. The van der Waals surface area contributed by atoms with Crippen molar-refractivity contribution in [3.63, 3.8) is 0 Å². The van der Waals surface area contributed by atoms with Crippen molar-refractivity contribution in [2.75, 3.05) is 19.5 Å². The van der Waals surface area contributed by atoms with Crippen LogP contribution in [0, 0.1) is 0 Å². The molecule has 0 aliphatic rings. The summed E-state index contributed by atoms with van der Waals surface area (Å²) in [5.41, 5.74) is 1.11. The zero-order valence-corrected chi connectivity index (χ0v) is 13.6. The summed E-state index contributed by atoms with van der Waals surface area (Å²) in [7, 11) is 3.24. The van der Waals surface area contributed by atoms with Crippen molar-refractivity contribution >= 4 is 23.1 Å². The van der Waals surface area contributed by atoms with E-state index < -0.39 is 0 Å². The number of nitrogens with one attached hydrogen (secondary N) is 2. The smallest absolute Gasteiger partial charge is 0.174 e. The molecular formula is C16H19N3O2S. The van der Waals surface area contributed by atoms with Gasteiger partial charge in [0, 0.05) is 6.20 Å². The summed E-state index contributed by atoms with van der Waals surface area (Å²) >= 11 is 5.33. The first kappa shape index (κ1) is 16.0. The van der Waals surface area contributed by atoms with Crippen LogP contribution in [0.2, 0.25) is 0 Å². The number of hydrogen-bond acceptors (Lipinski definition) is 4. The third-order valence-corrected chi connectivity index (χ3v) is 3.41. The second kappa shape index (κ2) is 7.61. The quantitative estimate of drug-likeness (QED) is 0.826. The highest BCUT2D eigenvalue weighted by molar-refractivity contribution is 7.80. The number of anilines is 1. The molecule has 0 amide bonds. The largest absolute Gasteiger partial charge is 0.497 e. The van der Waals surface area contributed by atoms with Gasteiger partial charge in [0.2, 0.25) is 0 Å². The molecule has 0 spiro atoms. The lowest BCUT2D eigenvalue weighted by Crippen LogP contribution is -2.31. The van der Waals surface area contributed by atoms with Crippen LogP contribution in [0.1, 0.15) is 18.5 Å². The minimum absolute atomic E-state index is 0.0561. The fraction of sp³-hybridized carbons (Fsp3) is 0.250. The number of rotatable bonds is 5. The fourth-order valence-corrected chi connectivity index (χ4v) is 2.24. The van der Waals surface area contributed by atoms with E-state index >= 15 is 0 Å². The molecule has 0 bridgehead atoms. The molecule has 1 aromatic carbocycles. The molecule has 116 valence electrons. The topological polar surface area (TPSA) is 55.4 Å². The van der Waals surface area contributed by atoms with Crippen molar-refractivity contribution in [1.29, 1.82) is 0 Å². The summed E-state index contributed by atoms with van der Waals surface area (Å²) in [6.07, 6.45) is 1.68. The lowest BCUT2D eigenvalue weighted by atomic mass is 10.1. The van der Waals surface area contributed by atoms with E-state index in [4.69, 9.17) is 21.7 Å². The van der Waals surface area contributed by atoms with E-state index in [1.54, 1.807) is 26.5 Å². The zero-order valence-electron chi connectivity index (χ0n) is 12.8. The molecule has 0 fully saturated rings. The highest BCUT2D eigenvalue weighted by atomic mass is 32.1. The van der Waals surface area contributed by atoms with Gasteiger partial charge in [0.25, 0.3) is 0 Å². The number of aromatic nitrogens is 1. The van der Waals surface area contributed by atoms with Crippen molar-refractivity contribution in [2.45, 2.75) is 13.0 Å². The van der Waals surface area contributed by atoms with Crippen molar-refractivity contribution < 1.29 is 9.47 Å². The Kier molecular flexibility index (Phi) is 5.55. The molecule has 0 aliphatic carbocycles. The summed E-state index contributed by atoms with van der Waals surface area (Å²) < 4.78 is 10.4. The Balaban J connectivity index is 1.98. The Morgan fingerprint density at radius 3 is 2.50 bits per heavy atom. The van der Waals surface area contributed by atoms with E-state index in [0.29, 0.717) is 16.7 Å². The summed E-state index contributed by atoms with van der Waals surface area (Å²) in [5.74, 6) is 2.06. The Bertz CT molecular complexity index is 632. The number of ether oxygens (including phenoxy) is 2. The van der Waals surface area contributed by atoms with Gasteiger partial charge in [-0.2, -0.15) is 0 Å². The molecule has 2 aromatic rings. The van der Waals surface area contributed by atoms with Crippen LogP contribution in [0.3, 0.4) is 0 Å². The van der Waals surface area contributed by atoms with Gasteiger partial charge in [0.05, 0.1) is 20.3 Å². The second-order valence-electron chi connectivity index (χ2n) is 4.65. The molecule has 22 heavy (non-hydrogen) atoms. The Labute approximate surface area is 135 Å². The number of hydrogen-bond donors (Lipinski definition) is 2. The van der Waals surface area contributed by atoms with E-state index in [2.05, 4.69) is 15.6 Å². The Hall–Kier alpha value is -2.34. The van der Waals surface area contributed by atoms with Crippen LogP contribution in [0.5, 0.6) is 11.5 Å². The van der Waals surface area contributed by atoms with Crippen LogP contribution in [0.25, 0.3) is 0 Å². The molecular weight excluding hydrogens is 298 g/mol. The first-order valence-corrected chi connectivity index (χ1v) is 7.25. The average molecular weight is 317 g/mol. The molecule has 1 aromatic heterocycles. The van der Waals surface area contributed by atoms with E-state index in [0.717, 1.165) is 11.3 Å². The van der Waals surface area contributed by atoms with Gasteiger partial charge in [-0.05, 0) is 49.0 Å². The van der Waals surface area contributed by atoms with Crippen molar-refractivity contribution in [1.82, 2.24) is 10.3 Å². The number of pyridine rings is 1. The monoisotopic (exact) mass is 317 g/mol. The van der Waals surface area contributed by atoms with Gasteiger partial charge in [0.15, 0.2) is 16.7 Å². The van der Waals surface area contributed by atoms with Crippen molar-refractivity contribution in [2.24, 2.45) is 0 Å². The van der Waals surface area contributed by atoms with Gasteiger partial charge in [-0.25, -0.2) is 4.98 Å². The molecule has 0 radical (unpaired) electrons. The van der Waals surface area contributed by atoms with Crippen LogP contribution in [0.15, 0.2) is 42.6 Å². The molecule has 6 heteroatoms. The summed E-state index contributed by atoms with van der Waals surface area (Å²) in [5, 5.41) is 6.75. The average Bonchev–Trinajstić information content (AvgIpc) is 2.55. The highest BCUT2D eigenvalue weighted by Gasteiger charge is 2.10. The maximum absolute atomic E-state index is 5.33. The minimum atomic E-state index is 0.0561. The molecule has 2 N–H and O–H groups in total. The van der Waals surface area contributed by atoms with Crippen LogP contribution in [-0.4, -0.2) is 24.3 Å². The predicted molar refractivity (Wildman–Crippen MR) is 91.6 cm³/mol. The lowest BCUT2D eigenvalue weighted by Gasteiger charge is -2.18. The van der Waals surface area contributed by atoms with Crippen molar-refractivity contribution in [3.05, 3.63) is 48.2 Å². The van der Waals surface area contributed by atoms with E-state index in [9.17, 15) is 0 Å². The Morgan fingerprint density at radius 2 is 1.86 bits per heavy atom. The van der Waals surface area contributed by atoms with E-state index in [1.165, 1.54) is 0 Å². The molecule has 0 unspecified atom stereocenters. The molecule has 1 atom stereocenters. The van der Waals surface area contributed by atoms with Crippen LogP contribution < -0.4 is 20.1 Å². The first-order chi connectivity index (χ1) is 10.6.